The Morgan fingerprint density at radius 1 is 1.62 bits per heavy atom. The zero-order valence-corrected chi connectivity index (χ0v) is 8.11. The molecule has 0 atom stereocenters. The molecule has 0 aliphatic carbocycles. The standard InChI is InChI=1S/C7H3ClF2N2O4/c8-3-1-2(7(13)14)4(5(9)10)11-6(3)12(15)16/h1,5H,(H,13,14). The van der Waals surface area contributed by atoms with Crippen LogP contribution >= 0.6 is 11.6 Å². The van der Waals surface area contributed by atoms with Gasteiger partial charge in [-0.3, -0.25) is 0 Å². The number of halogens is 3. The molecular formula is C7H3ClF2N2O4. The van der Waals surface area contributed by atoms with E-state index in [1.165, 1.54) is 0 Å². The molecule has 0 spiro atoms. The number of rotatable bonds is 3. The van der Waals surface area contributed by atoms with Gasteiger partial charge in [-0.1, -0.05) is 11.6 Å². The molecule has 0 amide bonds. The third-order valence-corrected chi connectivity index (χ3v) is 1.88. The summed E-state index contributed by atoms with van der Waals surface area (Å²) >= 11 is 5.33. The van der Waals surface area contributed by atoms with Crippen molar-refractivity contribution in [3.63, 3.8) is 0 Å². The zero-order chi connectivity index (χ0) is 12.5. The molecule has 1 N–H and O–H groups in total. The molecule has 1 rings (SSSR count). The highest BCUT2D eigenvalue weighted by atomic mass is 35.5. The van der Waals surface area contributed by atoms with Gasteiger partial charge in [-0.05, 0) is 16.0 Å². The van der Waals surface area contributed by atoms with Crippen LogP contribution in [0.1, 0.15) is 22.5 Å². The number of aromatic nitrogens is 1. The molecule has 0 unspecified atom stereocenters. The highest BCUT2D eigenvalue weighted by Gasteiger charge is 2.29. The Balaban J connectivity index is 3.49. The lowest BCUT2D eigenvalue weighted by molar-refractivity contribution is -0.389. The first kappa shape index (κ1) is 12.2. The summed E-state index contributed by atoms with van der Waals surface area (Å²) in [5.74, 6) is -2.68. The fourth-order valence-corrected chi connectivity index (χ4v) is 1.18. The largest absolute Gasteiger partial charge is 0.478 e. The van der Waals surface area contributed by atoms with Crippen LogP contribution in [0.15, 0.2) is 6.07 Å². The van der Waals surface area contributed by atoms with Crippen LogP contribution in [-0.4, -0.2) is 21.0 Å². The number of pyridine rings is 1. The van der Waals surface area contributed by atoms with E-state index in [9.17, 15) is 23.7 Å². The number of hydrogen-bond donors (Lipinski definition) is 1. The molecule has 1 aromatic rings. The lowest BCUT2D eigenvalue weighted by Gasteiger charge is -2.01. The van der Waals surface area contributed by atoms with Gasteiger partial charge in [0.1, 0.15) is 10.6 Å². The summed E-state index contributed by atoms with van der Waals surface area (Å²) in [7, 11) is 0. The Labute approximate surface area is 91.6 Å². The lowest BCUT2D eigenvalue weighted by atomic mass is 10.2. The normalized spacial score (nSPS) is 10.5. The van der Waals surface area contributed by atoms with E-state index in [0.29, 0.717) is 6.07 Å². The summed E-state index contributed by atoms with van der Waals surface area (Å²) in [5.41, 5.74) is -2.03. The number of alkyl halides is 2. The molecule has 1 heterocycles. The molecule has 0 aliphatic heterocycles. The minimum absolute atomic E-state index is 0.580. The smallest absolute Gasteiger partial charge is 0.382 e. The van der Waals surface area contributed by atoms with Crippen molar-refractivity contribution in [3.8, 4) is 0 Å². The van der Waals surface area contributed by atoms with Gasteiger partial charge in [-0.15, -0.1) is 0 Å². The van der Waals surface area contributed by atoms with Crippen LogP contribution in [0, 0.1) is 10.1 Å². The van der Waals surface area contributed by atoms with Crippen molar-refractivity contribution in [1.29, 1.82) is 0 Å². The number of nitrogens with zero attached hydrogens (tertiary/aromatic N) is 2. The molecule has 86 valence electrons. The summed E-state index contributed by atoms with van der Waals surface area (Å²) in [6.07, 6.45) is -3.23. The molecule has 0 radical (unpaired) electrons. The molecule has 0 aromatic carbocycles. The van der Waals surface area contributed by atoms with E-state index >= 15 is 0 Å². The Morgan fingerprint density at radius 3 is 2.56 bits per heavy atom. The molecule has 16 heavy (non-hydrogen) atoms. The monoisotopic (exact) mass is 252 g/mol. The van der Waals surface area contributed by atoms with Gasteiger partial charge in [0.2, 0.25) is 5.69 Å². The number of carboxylic acids is 1. The van der Waals surface area contributed by atoms with Crippen LogP contribution in [0.4, 0.5) is 14.6 Å². The first-order valence-electron chi connectivity index (χ1n) is 3.71. The van der Waals surface area contributed by atoms with Crippen molar-refractivity contribution in [2.24, 2.45) is 0 Å². The van der Waals surface area contributed by atoms with Gasteiger partial charge in [-0.2, -0.15) is 0 Å². The van der Waals surface area contributed by atoms with Crippen LogP contribution in [0.3, 0.4) is 0 Å². The molecule has 0 saturated heterocycles. The summed E-state index contributed by atoms with van der Waals surface area (Å²) < 4.78 is 24.7. The van der Waals surface area contributed by atoms with Gasteiger partial charge < -0.3 is 15.2 Å². The maximum Gasteiger partial charge on any atom is 0.382 e. The molecule has 1 aromatic heterocycles. The predicted molar refractivity (Wildman–Crippen MR) is 47.8 cm³/mol. The minimum Gasteiger partial charge on any atom is -0.478 e. The van der Waals surface area contributed by atoms with Crippen molar-refractivity contribution in [2.75, 3.05) is 0 Å². The number of carboxylic acid groups (broad SMARTS) is 1. The number of nitro groups is 1. The maximum atomic E-state index is 12.4. The maximum absolute atomic E-state index is 12.4. The van der Waals surface area contributed by atoms with E-state index < -0.39 is 39.4 Å². The fourth-order valence-electron chi connectivity index (χ4n) is 0.959. The summed E-state index contributed by atoms with van der Waals surface area (Å²) in [6, 6.07) is 0.580. The fraction of sp³-hybridized carbons (Fsp3) is 0.143. The number of hydrogen-bond acceptors (Lipinski definition) is 4. The molecular weight excluding hydrogens is 250 g/mol. The highest BCUT2D eigenvalue weighted by Crippen LogP contribution is 2.29. The Morgan fingerprint density at radius 2 is 2.19 bits per heavy atom. The number of aromatic carboxylic acids is 1. The van der Waals surface area contributed by atoms with E-state index in [0.717, 1.165) is 0 Å². The van der Waals surface area contributed by atoms with Gasteiger partial charge >= 0.3 is 18.2 Å². The van der Waals surface area contributed by atoms with Gasteiger partial charge in [0, 0.05) is 0 Å². The third-order valence-electron chi connectivity index (χ3n) is 1.60. The third kappa shape index (κ3) is 2.22. The highest BCUT2D eigenvalue weighted by molar-refractivity contribution is 6.32. The van der Waals surface area contributed by atoms with Crippen LogP contribution in [0.2, 0.25) is 5.02 Å². The Bertz CT molecular complexity index is 466. The molecule has 9 heteroatoms. The zero-order valence-electron chi connectivity index (χ0n) is 7.35. The van der Waals surface area contributed by atoms with Crippen molar-refractivity contribution < 1.29 is 23.6 Å². The van der Waals surface area contributed by atoms with Crippen LogP contribution < -0.4 is 0 Å². The quantitative estimate of drug-likeness (QED) is 0.658. The molecule has 0 aliphatic rings. The van der Waals surface area contributed by atoms with Crippen LogP contribution in [0.5, 0.6) is 0 Å². The number of carbonyl (C=O) groups is 1. The average molecular weight is 253 g/mol. The van der Waals surface area contributed by atoms with E-state index in [2.05, 4.69) is 4.98 Å². The topological polar surface area (TPSA) is 93.3 Å². The van der Waals surface area contributed by atoms with Gasteiger partial charge in [-0.25, -0.2) is 13.6 Å². The summed E-state index contributed by atoms with van der Waals surface area (Å²) in [4.78, 5) is 22.8. The second-order valence-corrected chi connectivity index (χ2v) is 3.00. The van der Waals surface area contributed by atoms with Crippen molar-refractivity contribution >= 4 is 23.4 Å². The first-order chi connectivity index (χ1) is 7.34. The van der Waals surface area contributed by atoms with Gasteiger partial charge in [0.05, 0.1) is 0 Å². The van der Waals surface area contributed by atoms with Crippen LogP contribution in [-0.2, 0) is 0 Å². The van der Waals surface area contributed by atoms with Crippen molar-refractivity contribution in [1.82, 2.24) is 4.98 Å². The Kier molecular flexibility index (Phi) is 3.33. The first-order valence-corrected chi connectivity index (χ1v) is 4.08. The summed E-state index contributed by atoms with van der Waals surface area (Å²) in [5, 5.41) is 18.3. The SMILES string of the molecule is O=C(O)c1cc(Cl)c([N+](=O)[O-])nc1C(F)F. The molecule has 0 saturated carbocycles. The predicted octanol–water partition coefficient (Wildman–Crippen LogP) is 2.28. The van der Waals surface area contributed by atoms with E-state index in [1.54, 1.807) is 0 Å². The average Bonchev–Trinajstić information content (AvgIpc) is 2.15. The summed E-state index contributed by atoms with van der Waals surface area (Å²) in [6.45, 7) is 0. The van der Waals surface area contributed by atoms with E-state index in [4.69, 9.17) is 16.7 Å². The second kappa shape index (κ2) is 4.35. The van der Waals surface area contributed by atoms with Gasteiger partial charge in [0.25, 0.3) is 0 Å². The second-order valence-electron chi connectivity index (χ2n) is 2.59. The van der Waals surface area contributed by atoms with E-state index in [1.807, 2.05) is 0 Å². The van der Waals surface area contributed by atoms with E-state index in [-0.39, 0.29) is 0 Å². The molecule has 0 bridgehead atoms. The Hall–Kier alpha value is -1.83. The minimum atomic E-state index is -3.23. The van der Waals surface area contributed by atoms with Crippen LogP contribution in [0.25, 0.3) is 0 Å². The molecule has 6 nitrogen and oxygen atoms in total. The van der Waals surface area contributed by atoms with Gasteiger partial charge in [0.15, 0.2) is 0 Å². The lowest BCUT2D eigenvalue weighted by Crippen LogP contribution is -2.08. The van der Waals surface area contributed by atoms with Crippen molar-refractivity contribution in [3.05, 3.63) is 32.5 Å². The molecule has 0 fully saturated rings. The van der Waals surface area contributed by atoms with Crippen molar-refractivity contribution in [2.45, 2.75) is 6.43 Å².